The highest BCUT2D eigenvalue weighted by molar-refractivity contribution is 5.51. The van der Waals surface area contributed by atoms with Crippen LogP contribution in [0.2, 0.25) is 0 Å². The first-order chi connectivity index (χ1) is 33.7. The zero-order valence-corrected chi connectivity index (χ0v) is 41.1. The van der Waals surface area contributed by atoms with E-state index in [1.165, 1.54) is 83.5 Å². The molecule has 380 valence electrons. The average molecular weight is 945 g/mol. The first-order valence-electron chi connectivity index (χ1n) is 27.6. The van der Waals surface area contributed by atoms with Gasteiger partial charge in [0.25, 0.3) is 0 Å². The lowest BCUT2D eigenvalue weighted by Gasteiger charge is -2.54. The third-order valence-electron chi connectivity index (χ3n) is 15.8. The van der Waals surface area contributed by atoms with Gasteiger partial charge in [0, 0.05) is 19.6 Å². The van der Waals surface area contributed by atoms with Gasteiger partial charge in [-0.1, -0.05) is 12.2 Å². The smallest absolute Gasteiger partial charge is 0.239 e. The Morgan fingerprint density at radius 1 is 0.471 bits per heavy atom. The molecule has 8 fully saturated rings. The predicted molar refractivity (Wildman–Crippen MR) is 270 cm³/mol. The summed E-state index contributed by atoms with van der Waals surface area (Å²) in [4.78, 5) is 26.2. The van der Waals surface area contributed by atoms with Crippen LogP contribution in [0.3, 0.4) is 0 Å². The van der Waals surface area contributed by atoms with E-state index in [1.807, 2.05) is 0 Å². The summed E-state index contributed by atoms with van der Waals surface area (Å²) in [5, 5.41) is 50.9. The molecule has 0 saturated carbocycles. The van der Waals surface area contributed by atoms with Crippen LogP contribution in [-0.4, -0.2) is 152 Å². The summed E-state index contributed by atoms with van der Waals surface area (Å²) in [6.07, 6.45) is 32.5. The SMILES string of the molecule is C1=CCNC(N(c2nc(NCCNC3NC(N(C4CCCCN4)C4CCCCN4)NC(N(C4CCCCN4)C4CCCCN4)N3)nc(N(C3CCCCN3)C3CCCCN3)n2)C2CCCCN2)=C1. The Bertz CT molecular complexity index is 1610. The second kappa shape index (κ2) is 25.0. The molecule has 0 radical (unpaired) electrons. The molecule has 0 aliphatic carbocycles. The number of dihydropyridines is 1. The number of nitrogens with zero attached hydrogens (tertiary/aromatic N) is 7. The minimum atomic E-state index is -0.155. The molecule has 0 amide bonds. The quantitative estimate of drug-likeness (QED) is 0.0998. The van der Waals surface area contributed by atoms with Crippen LogP contribution in [0.25, 0.3) is 0 Å². The summed E-state index contributed by atoms with van der Waals surface area (Å²) in [7, 11) is 0. The number of aromatic nitrogens is 3. The highest BCUT2D eigenvalue weighted by Gasteiger charge is 2.43. The van der Waals surface area contributed by atoms with Crippen LogP contribution in [-0.2, 0) is 0 Å². The zero-order valence-electron chi connectivity index (χ0n) is 41.1. The number of rotatable bonds is 17. The molecule has 0 aromatic carbocycles. The molecule has 13 N–H and O–H groups in total. The van der Waals surface area contributed by atoms with Gasteiger partial charge < -0.3 is 36.8 Å². The Balaban J connectivity index is 0.921. The maximum atomic E-state index is 5.43. The number of nitrogens with one attached hydrogen (secondary N) is 13. The molecular weight excluding hydrogens is 857 g/mol. The molecular formula is C48H88N20. The maximum Gasteiger partial charge on any atom is 0.239 e. The van der Waals surface area contributed by atoms with E-state index in [1.54, 1.807) is 0 Å². The molecule has 0 spiro atoms. The van der Waals surface area contributed by atoms with Gasteiger partial charge in [-0.15, -0.1) is 0 Å². The summed E-state index contributed by atoms with van der Waals surface area (Å²) < 4.78 is 0. The first kappa shape index (κ1) is 48.8. The van der Waals surface area contributed by atoms with Crippen molar-refractivity contribution in [3.8, 4) is 0 Å². The van der Waals surface area contributed by atoms with Crippen LogP contribution in [0.4, 0.5) is 17.8 Å². The summed E-state index contributed by atoms with van der Waals surface area (Å²) in [6.45, 7) is 9.32. The predicted octanol–water partition coefficient (Wildman–Crippen LogP) is 1.42. The lowest BCUT2D eigenvalue weighted by Crippen LogP contribution is -2.83. The van der Waals surface area contributed by atoms with Gasteiger partial charge in [-0.2, -0.15) is 15.0 Å². The molecule has 9 atom stereocenters. The van der Waals surface area contributed by atoms with Gasteiger partial charge in [-0.3, -0.25) is 42.1 Å². The summed E-state index contributed by atoms with van der Waals surface area (Å²) in [6, 6.07) is 0. The normalized spacial score (nSPS) is 34.2. The van der Waals surface area contributed by atoms with Gasteiger partial charge in [-0.25, -0.2) is 9.80 Å². The van der Waals surface area contributed by atoms with E-state index >= 15 is 0 Å². The Labute approximate surface area is 406 Å². The van der Waals surface area contributed by atoms with Crippen LogP contribution in [0, 0.1) is 0 Å². The second-order valence-corrected chi connectivity index (χ2v) is 20.7. The maximum absolute atomic E-state index is 5.43. The molecule has 68 heavy (non-hydrogen) atoms. The van der Waals surface area contributed by atoms with Gasteiger partial charge in [0.2, 0.25) is 17.8 Å². The topological polar surface area (TPSA) is 208 Å². The molecule has 20 heteroatoms. The van der Waals surface area contributed by atoms with Gasteiger partial charge in [0.1, 0.15) is 24.7 Å². The molecule has 0 bridgehead atoms. The molecule has 1 aromatic heterocycles. The van der Waals surface area contributed by atoms with Gasteiger partial charge in [0.15, 0.2) is 0 Å². The van der Waals surface area contributed by atoms with E-state index < -0.39 is 0 Å². The molecule has 10 rings (SSSR count). The Morgan fingerprint density at radius 2 is 0.912 bits per heavy atom. The Hall–Kier alpha value is -2.83. The van der Waals surface area contributed by atoms with Crippen LogP contribution >= 0.6 is 0 Å². The van der Waals surface area contributed by atoms with E-state index in [9.17, 15) is 0 Å². The average Bonchev–Trinajstić information content (AvgIpc) is 3.40. The van der Waals surface area contributed by atoms with Crippen molar-refractivity contribution in [2.45, 2.75) is 197 Å². The van der Waals surface area contributed by atoms with E-state index in [-0.39, 0.29) is 62.0 Å². The fourth-order valence-corrected chi connectivity index (χ4v) is 12.3. The van der Waals surface area contributed by atoms with Crippen molar-refractivity contribution in [1.29, 1.82) is 0 Å². The van der Waals surface area contributed by atoms with E-state index in [2.05, 4.69) is 107 Å². The highest BCUT2D eigenvalue weighted by Crippen LogP contribution is 2.30. The highest BCUT2D eigenvalue weighted by atomic mass is 15.6. The van der Waals surface area contributed by atoms with Crippen LogP contribution in [0.15, 0.2) is 24.0 Å². The van der Waals surface area contributed by atoms with Crippen molar-refractivity contribution in [1.82, 2.24) is 88.6 Å². The van der Waals surface area contributed by atoms with E-state index in [0.29, 0.717) is 25.0 Å². The second-order valence-electron chi connectivity index (χ2n) is 20.7. The summed E-state index contributed by atoms with van der Waals surface area (Å²) in [5.74, 6) is 3.02. The first-order valence-corrected chi connectivity index (χ1v) is 27.6. The Morgan fingerprint density at radius 3 is 1.34 bits per heavy atom. The lowest BCUT2D eigenvalue weighted by molar-refractivity contribution is -0.0949. The van der Waals surface area contributed by atoms with E-state index in [0.717, 1.165) is 115 Å². The van der Waals surface area contributed by atoms with Crippen molar-refractivity contribution < 1.29 is 0 Å². The standard InChI is InChI=1S/C48H88N20/c1-9-25-49-35(17-1)65(36-18-2-10-26-50-36)45-59-43(60-46(63-45)66(37-19-3-11-27-51-37)38-20-4-12-28-52-38)57-33-34-58-44-61-47(67(39-21-5-13-29-53-39)40-22-6-14-30-54-40)64-48(62-44)68(41-23-7-15-31-55-41)42-24-8-16-32-56-42/h1,9,17,36-42,44,47-56,58,61-62,64H,2-8,10-16,18-34H2,(H,57,59,60,63). The molecule has 20 nitrogen and oxygen atoms in total. The Kier molecular flexibility index (Phi) is 17.9. The molecule has 1 aromatic rings. The van der Waals surface area contributed by atoms with Crippen molar-refractivity contribution in [3.05, 3.63) is 24.0 Å². The number of hydrogen-bond acceptors (Lipinski definition) is 20. The molecule has 9 aliphatic heterocycles. The summed E-state index contributed by atoms with van der Waals surface area (Å²) >= 11 is 0. The monoisotopic (exact) mass is 945 g/mol. The largest absolute Gasteiger partial charge is 0.368 e. The minimum absolute atomic E-state index is 0.0639. The fourth-order valence-electron chi connectivity index (χ4n) is 12.3. The lowest BCUT2D eigenvalue weighted by atomic mass is 10.0. The number of piperidine rings is 7. The van der Waals surface area contributed by atoms with Crippen molar-refractivity contribution in [3.63, 3.8) is 0 Å². The number of hydrogen-bond donors (Lipinski definition) is 13. The van der Waals surface area contributed by atoms with Crippen molar-refractivity contribution >= 4 is 17.8 Å². The van der Waals surface area contributed by atoms with Crippen molar-refractivity contribution in [2.24, 2.45) is 0 Å². The number of anilines is 3. The fraction of sp³-hybridized carbons (Fsp3) is 0.854. The van der Waals surface area contributed by atoms with Gasteiger partial charge in [0.05, 0.1) is 43.2 Å². The van der Waals surface area contributed by atoms with Crippen molar-refractivity contribution in [2.75, 3.05) is 80.6 Å². The molecule has 10 heterocycles. The molecule has 9 aliphatic rings. The minimum Gasteiger partial charge on any atom is -0.368 e. The molecule has 9 unspecified atom stereocenters. The van der Waals surface area contributed by atoms with Crippen LogP contribution in [0.1, 0.15) is 135 Å². The van der Waals surface area contributed by atoms with Gasteiger partial charge in [-0.05, 0) is 187 Å². The van der Waals surface area contributed by atoms with Crippen LogP contribution < -0.4 is 78.9 Å². The van der Waals surface area contributed by atoms with E-state index in [4.69, 9.17) is 15.0 Å². The third kappa shape index (κ3) is 12.4. The summed E-state index contributed by atoms with van der Waals surface area (Å²) in [5.41, 5.74) is 0. The van der Waals surface area contributed by atoms with Gasteiger partial charge >= 0.3 is 0 Å². The third-order valence-corrected chi connectivity index (χ3v) is 15.8. The molecule has 8 saturated heterocycles. The zero-order chi connectivity index (χ0) is 45.7. The van der Waals surface area contributed by atoms with Crippen LogP contribution in [0.5, 0.6) is 0 Å². The number of allylic oxidation sites excluding steroid dienone is 2.